The van der Waals surface area contributed by atoms with Gasteiger partial charge in [-0.15, -0.1) is 0 Å². The molecule has 1 aliphatic heterocycles. The smallest absolute Gasteiger partial charge is 0.247 e. The van der Waals surface area contributed by atoms with Crippen molar-refractivity contribution < 1.29 is 9.59 Å². The van der Waals surface area contributed by atoms with Crippen LogP contribution in [0.15, 0.2) is 18.2 Å². The highest BCUT2D eigenvalue weighted by Crippen LogP contribution is 2.25. The van der Waals surface area contributed by atoms with Gasteiger partial charge >= 0.3 is 0 Å². The second kappa shape index (κ2) is 6.61. The van der Waals surface area contributed by atoms with Crippen molar-refractivity contribution in [3.8, 4) is 0 Å². The van der Waals surface area contributed by atoms with Crippen LogP contribution in [0.2, 0.25) is 0 Å². The van der Waals surface area contributed by atoms with Crippen LogP contribution in [0.25, 0.3) is 0 Å². The van der Waals surface area contributed by atoms with Crippen LogP contribution in [-0.4, -0.2) is 35.8 Å². The first-order chi connectivity index (χ1) is 10.0. The van der Waals surface area contributed by atoms with E-state index < -0.39 is 0 Å². The summed E-state index contributed by atoms with van der Waals surface area (Å²) in [7, 11) is 0. The van der Waals surface area contributed by atoms with Crippen LogP contribution in [0, 0.1) is 6.92 Å². The maximum absolute atomic E-state index is 12.4. The highest BCUT2D eigenvalue weighted by Gasteiger charge is 2.32. The maximum Gasteiger partial charge on any atom is 0.247 e. The molecular weight excluding hydrogens is 266 g/mol. The van der Waals surface area contributed by atoms with Gasteiger partial charge in [-0.2, -0.15) is 0 Å². The van der Waals surface area contributed by atoms with Crippen molar-refractivity contribution in [3.63, 3.8) is 0 Å². The summed E-state index contributed by atoms with van der Waals surface area (Å²) in [5.74, 6) is -0.144. The van der Waals surface area contributed by atoms with Crippen molar-refractivity contribution in [1.29, 1.82) is 0 Å². The van der Waals surface area contributed by atoms with E-state index in [0.29, 0.717) is 6.54 Å². The normalized spacial score (nSPS) is 17.7. The SMILES string of the molecule is CCNc1cc(C)ccc1NC(=O)C1CCCN1C(C)=O. The third-order valence-corrected chi connectivity index (χ3v) is 3.76. The molecule has 1 aromatic rings. The summed E-state index contributed by atoms with van der Waals surface area (Å²) < 4.78 is 0. The zero-order valence-electron chi connectivity index (χ0n) is 12.9. The molecule has 0 radical (unpaired) electrons. The molecule has 1 fully saturated rings. The number of benzene rings is 1. The van der Waals surface area contributed by atoms with E-state index in [2.05, 4.69) is 10.6 Å². The van der Waals surface area contributed by atoms with Crippen LogP contribution in [-0.2, 0) is 9.59 Å². The van der Waals surface area contributed by atoms with Crippen molar-refractivity contribution in [2.45, 2.75) is 39.7 Å². The minimum Gasteiger partial charge on any atom is -0.384 e. The molecule has 0 spiro atoms. The van der Waals surface area contributed by atoms with Gasteiger partial charge in [-0.05, 0) is 44.4 Å². The van der Waals surface area contributed by atoms with Crippen molar-refractivity contribution in [1.82, 2.24) is 4.90 Å². The van der Waals surface area contributed by atoms with E-state index in [-0.39, 0.29) is 17.9 Å². The molecule has 2 N–H and O–H groups in total. The predicted octanol–water partition coefficient (Wildman–Crippen LogP) is 2.38. The Morgan fingerprint density at radius 2 is 2.10 bits per heavy atom. The molecule has 21 heavy (non-hydrogen) atoms. The van der Waals surface area contributed by atoms with Crippen LogP contribution >= 0.6 is 0 Å². The minimum atomic E-state index is -0.349. The predicted molar refractivity (Wildman–Crippen MR) is 84.4 cm³/mol. The number of anilines is 2. The fourth-order valence-corrected chi connectivity index (χ4v) is 2.74. The second-order valence-corrected chi connectivity index (χ2v) is 5.44. The topological polar surface area (TPSA) is 61.4 Å². The lowest BCUT2D eigenvalue weighted by atomic mass is 10.1. The van der Waals surface area contributed by atoms with E-state index in [9.17, 15) is 9.59 Å². The maximum atomic E-state index is 12.4. The number of likely N-dealkylation sites (tertiary alicyclic amines) is 1. The number of carbonyl (C=O) groups excluding carboxylic acids is 2. The molecule has 1 aliphatic rings. The van der Waals surface area contributed by atoms with Gasteiger partial charge in [-0.1, -0.05) is 6.07 Å². The number of nitrogens with zero attached hydrogens (tertiary/aromatic N) is 1. The molecule has 0 aliphatic carbocycles. The molecule has 5 nitrogen and oxygen atoms in total. The summed E-state index contributed by atoms with van der Waals surface area (Å²) in [6.45, 7) is 7.00. The van der Waals surface area contributed by atoms with Gasteiger partial charge < -0.3 is 15.5 Å². The summed E-state index contributed by atoms with van der Waals surface area (Å²) in [6.07, 6.45) is 1.61. The Morgan fingerprint density at radius 3 is 2.76 bits per heavy atom. The third kappa shape index (κ3) is 3.54. The van der Waals surface area contributed by atoms with Crippen molar-refractivity contribution in [3.05, 3.63) is 23.8 Å². The number of rotatable bonds is 4. The van der Waals surface area contributed by atoms with Crippen LogP contribution < -0.4 is 10.6 Å². The van der Waals surface area contributed by atoms with Gasteiger partial charge in [-0.25, -0.2) is 0 Å². The van der Waals surface area contributed by atoms with Crippen LogP contribution in [0.3, 0.4) is 0 Å². The molecule has 1 unspecified atom stereocenters. The molecule has 1 saturated heterocycles. The lowest BCUT2D eigenvalue weighted by Crippen LogP contribution is -2.42. The van der Waals surface area contributed by atoms with Gasteiger partial charge in [0.05, 0.1) is 11.4 Å². The van der Waals surface area contributed by atoms with Crippen molar-refractivity contribution in [2.75, 3.05) is 23.7 Å². The standard InChI is InChI=1S/C16H23N3O2/c1-4-17-14-10-11(2)7-8-13(14)18-16(21)15-6-5-9-19(15)12(3)20/h7-8,10,15,17H,4-6,9H2,1-3H3,(H,18,21). The quantitative estimate of drug-likeness (QED) is 0.894. The summed E-state index contributed by atoms with van der Waals surface area (Å²) in [5, 5.41) is 6.21. The number of nitrogens with one attached hydrogen (secondary N) is 2. The first-order valence-electron chi connectivity index (χ1n) is 7.45. The first-order valence-corrected chi connectivity index (χ1v) is 7.45. The van der Waals surface area contributed by atoms with E-state index in [1.54, 1.807) is 4.90 Å². The summed E-state index contributed by atoms with van der Waals surface area (Å²) in [6, 6.07) is 5.53. The lowest BCUT2D eigenvalue weighted by molar-refractivity contribution is -0.134. The molecule has 2 rings (SSSR count). The van der Waals surface area contributed by atoms with Crippen molar-refractivity contribution >= 4 is 23.2 Å². The minimum absolute atomic E-state index is 0.0385. The van der Waals surface area contributed by atoms with Gasteiger partial charge in [0.1, 0.15) is 6.04 Å². The number of aryl methyl sites for hydroxylation is 1. The van der Waals surface area contributed by atoms with Crippen LogP contribution in [0.4, 0.5) is 11.4 Å². The van der Waals surface area contributed by atoms with E-state index >= 15 is 0 Å². The second-order valence-electron chi connectivity index (χ2n) is 5.44. The Labute approximate surface area is 125 Å². The third-order valence-electron chi connectivity index (χ3n) is 3.76. The van der Waals surface area contributed by atoms with Crippen LogP contribution in [0.5, 0.6) is 0 Å². The largest absolute Gasteiger partial charge is 0.384 e. The van der Waals surface area contributed by atoms with Gasteiger partial charge in [0.15, 0.2) is 0 Å². The van der Waals surface area contributed by atoms with Crippen LogP contribution in [0.1, 0.15) is 32.3 Å². The zero-order chi connectivity index (χ0) is 15.4. The lowest BCUT2D eigenvalue weighted by Gasteiger charge is -2.23. The monoisotopic (exact) mass is 289 g/mol. The molecule has 2 amide bonds. The first kappa shape index (κ1) is 15.4. The molecule has 1 heterocycles. The number of hydrogen-bond donors (Lipinski definition) is 2. The Hall–Kier alpha value is -2.04. The van der Waals surface area contributed by atoms with Gasteiger partial charge in [0.25, 0.3) is 0 Å². The number of carbonyl (C=O) groups is 2. The summed E-state index contributed by atoms with van der Waals surface area (Å²) in [4.78, 5) is 25.6. The Kier molecular flexibility index (Phi) is 4.83. The number of hydrogen-bond acceptors (Lipinski definition) is 3. The van der Waals surface area contributed by atoms with Crippen molar-refractivity contribution in [2.24, 2.45) is 0 Å². The summed E-state index contributed by atoms with van der Waals surface area (Å²) in [5.41, 5.74) is 2.82. The van der Waals surface area contributed by atoms with E-state index in [4.69, 9.17) is 0 Å². The van der Waals surface area contributed by atoms with E-state index in [0.717, 1.165) is 36.3 Å². The molecule has 1 aromatic carbocycles. The molecule has 114 valence electrons. The zero-order valence-corrected chi connectivity index (χ0v) is 12.9. The van der Waals surface area contributed by atoms with Gasteiger partial charge in [-0.3, -0.25) is 9.59 Å². The molecule has 0 aromatic heterocycles. The average molecular weight is 289 g/mol. The fourth-order valence-electron chi connectivity index (χ4n) is 2.74. The highest BCUT2D eigenvalue weighted by molar-refractivity contribution is 5.99. The molecule has 0 bridgehead atoms. The van der Waals surface area contributed by atoms with E-state index in [1.807, 2.05) is 32.0 Å². The molecule has 1 atom stereocenters. The molecular formula is C16H23N3O2. The highest BCUT2D eigenvalue weighted by atomic mass is 16.2. The summed E-state index contributed by atoms with van der Waals surface area (Å²) >= 11 is 0. The van der Waals surface area contributed by atoms with E-state index in [1.165, 1.54) is 6.92 Å². The number of amides is 2. The fraction of sp³-hybridized carbons (Fsp3) is 0.500. The van der Waals surface area contributed by atoms with Gasteiger partial charge in [0, 0.05) is 20.0 Å². The van der Waals surface area contributed by atoms with Gasteiger partial charge in [0.2, 0.25) is 11.8 Å². The molecule has 0 saturated carbocycles. The Morgan fingerprint density at radius 1 is 1.33 bits per heavy atom. The molecule has 5 heteroatoms. The Balaban J connectivity index is 2.14. The average Bonchev–Trinajstić information content (AvgIpc) is 2.91. The Bertz CT molecular complexity index is 542.